The first-order valence-corrected chi connectivity index (χ1v) is 6.20. The van der Waals surface area contributed by atoms with Gasteiger partial charge in [0.25, 0.3) is 0 Å². The molecule has 20 heavy (non-hydrogen) atoms. The van der Waals surface area contributed by atoms with Gasteiger partial charge in [-0.1, -0.05) is 18.2 Å². The van der Waals surface area contributed by atoms with E-state index in [1.54, 1.807) is 25.3 Å². The van der Waals surface area contributed by atoms with Crippen LogP contribution < -0.4 is 5.32 Å². The first-order chi connectivity index (χ1) is 9.74. The highest BCUT2D eigenvalue weighted by Crippen LogP contribution is 2.32. The van der Waals surface area contributed by atoms with Crippen LogP contribution in [0.25, 0.3) is 11.1 Å². The zero-order valence-electron chi connectivity index (χ0n) is 11.1. The predicted octanol–water partition coefficient (Wildman–Crippen LogP) is 3.30. The van der Waals surface area contributed by atoms with Crippen molar-refractivity contribution in [2.45, 2.75) is 6.92 Å². The maximum absolute atomic E-state index is 11.1. The van der Waals surface area contributed by atoms with E-state index in [1.165, 1.54) is 11.1 Å². The average Bonchev–Trinajstić information content (AvgIpc) is 3.06. The molecule has 0 atom stereocenters. The molecule has 1 amide bonds. The van der Waals surface area contributed by atoms with E-state index in [4.69, 9.17) is 11.2 Å². The highest BCUT2D eigenvalue weighted by atomic mass is 16.5. The van der Waals surface area contributed by atoms with Crippen molar-refractivity contribution in [3.63, 3.8) is 0 Å². The molecule has 0 aliphatic heterocycles. The molecule has 0 saturated carbocycles. The second kappa shape index (κ2) is 6.39. The number of anilines is 1. The quantitative estimate of drug-likeness (QED) is 0.724. The lowest BCUT2D eigenvalue weighted by Gasteiger charge is -2.05. The summed E-state index contributed by atoms with van der Waals surface area (Å²) in [6.45, 7) is 2.04. The van der Waals surface area contributed by atoms with Crippen LogP contribution in [0.2, 0.25) is 0 Å². The molecule has 2 aliphatic rings. The second-order valence-electron chi connectivity index (χ2n) is 3.97. The topological polar surface area (TPSA) is 51.2 Å². The number of amides is 1. The molecule has 0 bridgehead atoms. The molecule has 1 aromatic heterocycles. The molecule has 3 rings (SSSR count). The van der Waals surface area contributed by atoms with Crippen LogP contribution in [-0.4, -0.2) is 17.7 Å². The van der Waals surface area contributed by atoms with Gasteiger partial charge >= 0.3 is 6.09 Å². The van der Waals surface area contributed by atoms with Gasteiger partial charge in [-0.25, -0.2) is 9.78 Å². The number of pyridine rings is 1. The summed E-state index contributed by atoms with van der Waals surface area (Å²) in [6, 6.07) is 11.8. The first kappa shape index (κ1) is 13.6. The minimum Gasteiger partial charge on any atom is -0.450 e. The van der Waals surface area contributed by atoms with Gasteiger partial charge in [-0.2, -0.15) is 0 Å². The molecule has 2 aliphatic carbocycles. The predicted molar refractivity (Wildman–Crippen MR) is 78.3 cm³/mol. The number of nitrogens with zero attached hydrogens (tertiary/aromatic N) is 1. The highest BCUT2D eigenvalue weighted by Gasteiger charge is 2.07. The van der Waals surface area contributed by atoms with Crippen molar-refractivity contribution in [3.05, 3.63) is 48.3 Å². The maximum atomic E-state index is 11.1. The van der Waals surface area contributed by atoms with Gasteiger partial charge in [-0.05, 0) is 42.2 Å². The van der Waals surface area contributed by atoms with Crippen LogP contribution in [0.1, 0.15) is 12.6 Å². The Balaban J connectivity index is 0.000000198. The Morgan fingerprint density at radius 1 is 1.35 bits per heavy atom. The van der Waals surface area contributed by atoms with Crippen molar-refractivity contribution < 1.29 is 9.53 Å². The van der Waals surface area contributed by atoms with Crippen LogP contribution in [-0.2, 0) is 4.74 Å². The molecular weight excluding hydrogens is 252 g/mol. The Morgan fingerprint density at radius 3 is 2.60 bits per heavy atom. The molecule has 1 heterocycles. The molecule has 4 nitrogen and oxygen atoms in total. The fourth-order valence-corrected chi connectivity index (χ4v) is 1.57. The molecule has 0 fully saturated rings. The Bertz CT molecular complexity index is 642. The molecule has 1 N–H and O–H groups in total. The van der Waals surface area contributed by atoms with Crippen molar-refractivity contribution in [1.82, 2.24) is 4.98 Å². The van der Waals surface area contributed by atoms with E-state index in [-0.39, 0.29) is 0 Å². The maximum Gasteiger partial charge on any atom is 0.411 e. The van der Waals surface area contributed by atoms with Crippen molar-refractivity contribution in [2.75, 3.05) is 11.9 Å². The lowest BCUT2D eigenvalue weighted by molar-refractivity contribution is 0.168. The minimum atomic E-state index is -0.531. The molecule has 100 valence electrons. The summed E-state index contributed by atoms with van der Waals surface area (Å²) in [4.78, 5) is 15.0. The lowest BCUT2D eigenvalue weighted by atomic mass is 10.3. The number of ether oxygens (including phenoxy) is 1. The summed E-state index contributed by atoms with van der Waals surface area (Å²) in [7, 11) is 0. The zero-order chi connectivity index (χ0) is 14.4. The number of carbonyl (C=O) groups excluding carboxylic acids is 1. The summed E-state index contributed by atoms with van der Waals surface area (Å²) in [5.41, 5.74) is 3.72. The summed E-state index contributed by atoms with van der Waals surface area (Å²) < 4.78 is 4.70. The van der Waals surface area contributed by atoms with E-state index in [1.807, 2.05) is 0 Å². The Morgan fingerprint density at radius 2 is 2.10 bits per heavy atom. The van der Waals surface area contributed by atoms with E-state index < -0.39 is 6.09 Å². The number of hydrogen-bond acceptors (Lipinski definition) is 3. The molecule has 0 saturated heterocycles. The summed E-state index contributed by atoms with van der Waals surface area (Å²) in [5.74, 6) is 2.36. The third kappa shape index (κ3) is 3.59. The third-order valence-corrected chi connectivity index (χ3v) is 2.57. The van der Waals surface area contributed by atoms with Crippen molar-refractivity contribution in [3.8, 4) is 23.5 Å². The van der Waals surface area contributed by atoms with E-state index in [9.17, 15) is 4.79 Å². The SMILES string of the molecule is C#Cc1ncccc1NC(=O)OCC.c1cc2cc-2c1. The second-order valence-corrected chi connectivity index (χ2v) is 3.97. The fourth-order valence-electron chi connectivity index (χ4n) is 1.57. The fraction of sp³-hybridized carbons (Fsp3) is 0.125. The number of carbonyl (C=O) groups is 1. The van der Waals surface area contributed by atoms with Crippen LogP contribution in [0.5, 0.6) is 0 Å². The van der Waals surface area contributed by atoms with Gasteiger partial charge in [0.05, 0.1) is 12.3 Å². The molecule has 4 heteroatoms. The van der Waals surface area contributed by atoms with Crippen LogP contribution in [0.4, 0.5) is 10.5 Å². The van der Waals surface area contributed by atoms with E-state index >= 15 is 0 Å². The minimum absolute atomic E-state index is 0.317. The smallest absolute Gasteiger partial charge is 0.411 e. The third-order valence-electron chi connectivity index (χ3n) is 2.57. The number of rotatable bonds is 2. The average molecular weight is 266 g/mol. The van der Waals surface area contributed by atoms with Gasteiger partial charge in [-0.3, -0.25) is 5.32 Å². The standard InChI is InChI=1S/C10H10N2O2.C6H4/c1-3-8-9(6-5-7-11-8)12-10(13)14-4-2;1-2-5-4-6(5)3-1/h1,5-7H,4H2,2H3,(H,12,13);1-4H. The van der Waals surface area contributed by atoms with Crippen LogP contribution >= 0.6 is 0 Å². The summed E-state index contributed by atoms with van der Waals surface area (Å²) in [6.07, 6.45) is 6.23. The van der Waals surface area contributed by atoms with E-state index in [0.29, 0.717) is 18.0 Å². The molecule has 0 spiro atoms. The number of fused-ring (bicyclic) bond motifs is 1. The van der Waals surface area contributed by atoms with E-state index in [0.717, 1.165) is 0 Å². The summed E-state index contributed by atoms with van der Waals surface area (Å²) in [5, 5.41) is 2.50. The largest absolute Gasteiger partial charge is 0.450 e. The van der Waals surface area contributed by atoms with Crippen LogP contribution in [0.3, 0.4) is 0 Å². The van der Waals surface area contributed by atoms with Crippen molar-refractivity contribution >= 4 is 11.8 Å². The first-order valence-electron chi connectivity index (χ1n) is 6.20. The molecular formula is C16H14N2O2. The monoisotopic (exact) mass is 266 g/mol. The Hall–Kier alpha value is -2.80. The van der Waals surface area contributed by atoms with Gasteiger partial charge in [0, 0.05) is 6.20 Å². The lowest BCUT2D eigenvalue weighted by Crippen LogP contribution is -2.14. The molecule has 1 aromatic rings. The van der Waals surface area contributed by atoms with Gasteiger partial charge < -0.3 is 4.74 Å². The van der Waals surface area contributed by atoms with Crippen molar-refractivity contribution in [2.24, 2.45) is 0 Å². The van der Waals surface area contributed by atoms with Crippen LogP contribution in [0, 0.1) is 12.3 Å². The Labute approximate surface area is 117 Å². The number of nitrogens with one attached hydrogen (secondary N) is 1. The summed E-state index contributed by atoms with van der Waals surface area (Å²) >= 11 is 0. The highest BCUT2D eigenvalue weighted by molar-refractivity contribution is 5.86. The number of hydrogen-bond donors (Lipinski definition) is 1. The molecule has 0 unspecified atom stereocenters. The number of benzene rings is 1. The number of aromatic nitrogens is 1. The number of terminal acetylenes is 1. The van der Waals surface area contributed by atoms with Gasteiger partial charge in [-0.15, -0.1) is 6.42 Å². The van der Waals surface area contributed by atoms with Gasteiger partial charge in [0.2, 0.25) is 0 Å². The Kier molecular flexibility index (Phi) is 4.35. The van der Waals surface area contributed by atoms with Crippen molar-refractivity contribution in [1.29, 1.82) is 0 Å². The zero-order valence-corrected chi connectivity index (χ0v) is 11.1. The van der Waals surface area contributed by atoms with Gasteiger partial charge in [0.15, 0.2) is 0 Å². The van der Waals surface area contributed by atoms with E-state index in [2.05, 4.69) is 40.5 Å². The van der Waals surface area contributed by atoms with Crippen LogP contribution in [0.15, 0.2) is 42.6 Å². The van der Waals surface area contributed by atoms with Gasteiger partial charge in [0.1, 0.15) is 5.69 Å². The molecule has 0 aromatic carbocycles. The normalized spacial score (nSPS) is 9.60. The molecule has 0 radical (unpaired) electrons.